The fourth-order valence-electron chi connectivity index (χ4n) is 2.45. The number of aryl methyl sites for hydroxylation is 3. The summed E-state index contributed by atoms with van der Waals surface area (Å²) in [7, 11) is 0. The molecule has 0 saturated carbocycles. The van der Waals surface area contributed by atoms with Crippen LogP contribution in [0.5, 0.6) is 0 Å². The highest BCUT2D eigenvalue weighted by molar-refractivity contribution is 9.10. The molecular weight excluding hydrogens is 426 g/mol. The zero-order chi connectivity index (χ0) is 18.1. The van der Waals surface area contributed by atoms with Crippen molar-refractivity contribution in [3.05, 3.63) is 54.8 Å². The summed E-state index contributed by atoms with van der Waals surface area (Å²) in [6, 6.07) is 5.23. The lowest BCUT2D eigenvalue weighted by molar-refractivity contribution is -0.116. The highest BCUT2D eigenvalue weighted by Crippen LogP contribution is 2.26. The number of rotatable bonds is 4. The molecule has 0 bridgehead atoms. The van der Waals surface area contributed by atoms with E-state index in [0.29, 0.717) is 16.1 Å². The van der Waals surface area contributed by atoms with Crippen molar-refractivity contribution in [3.63, 3.8) is 0 Å². The molecule has 3 aromatic rings. The van der Waals surface area contributed by atoms with E-state index in [2.05, 4.69) is 26.2 Å². The van der Waals surface area contributed by atoms with Gasteiger partial charge >= 0.3 is 0 Å². The van der Waals surface area contributed by atoms with Gasteiger partial charge in [0.15, 0.2) is 0 Å². The van der Waals surface area contributed by atoms with E-state index in [4.69, 9.17) is 11.6 Å². The molecule has 1 amide bonds. The number of aromatic nitrogens is 2. The SMILES string of the molecule is Cc1sc2ncn(CCC(=O)Nc3ccc(Br)cc3Cl)c(=O)c2c1C. The Morgan fingerprint density at radius 1 is 1.40 bits per heavy atom. The number of nitrogens with one attached hydrogen (secondary N) is 1. The molecule has 0 atom stereocenters. The molecule has 130 valence electrons. The van der Waals surface area contributed by atoms with E-state index in [1.165, 1.54) is 22.2 Å². The van der Waals surface area contributed by atoms with Gasteiger partial charge in [-0.25, -0.2) is 4.98 Å². The van der Waals surface area contributed by atoms with Gasteiger partial charge in [-0.3, -0.25) is 14.2 Å². The van der Waals surface area contributed by atoms with Crippen molar-refractivity contribution in [1.82, 2.24) is 9.55 Å². The second-order valence-electron chi connectivity index (χ2n) is 5.63. The summed E-state index contributed by atoms with van der Waals surface area (Å²) in [5.74, 6) is -0.213. The topological polar surface area (TPSA) is 64.0 Å². The minimum atomic E-state index is -0.213. The van der Waals surface area contributed by atoms with Crippen LogP contribution in [-0.2, 0) is 11.3 Å². The molecule has 1 N–H and O–H groups in total. The molecule has 1 aromatic carbocycles. The lowest BCUT2D eigenvalue weighted by Crippen LogP contribution is -2.23. The second kappa shape index (κ2) is 7.27. The first kappa shape index (κ1) is 18.1. The molecule has 25 heavy (non-hydrogen) atoms. The van der Waals surface area contributed by atoms with Crippen molar-refractivity contribution in [3.8, 4) is 0 Å². The third-order valence-corrected chi connectivity index (χ3v) is 5.86. The maximum Gasteiger partial charge on any atom is 0.262 e. The number of carbonyl (C=O) groups is 1. The first-order valence-electron chi connectivity index (χ1n) is 7.57. The molecular formula is C17H15BrClN3O2S. The third kappa shape index (κ3) is 3.78. The van der Waals surface area contributed by atoms with Crippen LogP contribution in [0.1, 0.15) is 16.9 Å². The van der Waals surface area contributed by atoms with Crippen molar-refractivity contribution in [2.45, 2.75) is 26.8 Å². The molecule has 0 unspecified atom stereocenters. The normalized spacial score (nSPS) is 11.0. The van der Waals surface area contributed by atoms with Gasteiger partial charge in [0.25, 0.3) is 5.56 Å². The average Bonchev–Trinajstić information content (AvgIpc) is 2.85. The van der Waals surface area contributed by atoms with Crippen LogP contribution >= 0.6 is 38.9 Å². The average molecular weight is 441 g/mol. The number of hydrogen-bond acceptors (Lipinski definition) is 4. The van der Waals surface area contributed by atoms with Crippen LogP contribution < -0.4 is 10.9 Å². The van der Waals surface area contributed by atoms with Crippen LogP contribution in [0.3, 0.4) is 0 Å². The second-order valence-corrected chi connectivity index (χ2v) is 8.15. The number of amides is 1. The van der Waals surface area contributed by atoms with Gasteiger partial charge in [-0.2, -0.15) is 0 Å². The fourth-order valence-corrected chi connectivity index (χ4v) is 4.16. The van der Waals surface area contributed by atoms with Crippen LogP contribution in [0.2, 0.25) is 5.02 Å². The van der Waals surface area contributed by atoms with E-state index in [1.807, 2.05) is 13.8 Å². The summed E-state index contributed by atoms with van der Waals surface area (Å²) < 4.78 is 2.31. The predicted molar refractivity (Wildman–Crippen MR) is 106 cm³/mol. The maximum absolute atomic E-state index is 12.6. The number of halogens is 2. The van der Waals surface area contributed by atoms with Crippen molar-refractivity contribution < 1.29 is 4.79 Å². The summed E-state index contributed by atoms with van der Waals surface area (Å²) in [5.41, 5.74) is 1.39. The number of hydrogen-bond donors (Lipinski definition) is 1. The quantitative estimate of drug-likeness (QED) is 0.649. The van der Waals surface area contributed by atoms with Gasteiger partial charge in [-0.15, -0.1) is 11.3 Å². The molecule has 0 aliphatic carbocycles. The highest BCUT2D eigenvalue weighted by Gasteiger charge is 2.13. The van der Waals surface area contributed by atoms with Crippen LogP contribution in [-0.4, -0.2) is 15.5 Å². The number of carbonyl (C=O) groups excluding carboxylic acids is 1. The summed E-state index contributed by atoms with van der Waals surface area (Å²) in [6.45, 7) is 4.15. The molecule has 8 heteroatoms. The lowest BCUT2D eigenvalue weighted by atomic mass is 10.2. The first-order valence-corrected chi connectivity index (χ1v) is 9.55. The van der Waals surface area contributed by atoms with Gasteiger partial charge in [0.1, 0.15) is 4.83 Å². The molecule has 3 rings (SSSR count). The van der Waals surface area contributed by atoms with Crippen molar-refractivity contribution >= 4 is 60.7 Å². The number of thiophene rings is 1. The predicted octanol–water partition coefficient (Wildman–Crippen LogP) is 4.52. The molecule has 0 fully saturated rings. The van der Waals surface area contributed by atoms with Gasteiger partial charge in [-0.1, -0.05) is 27.5 Å². The van der Waals surface area contributed by atoms with Crippen molar-refractivity contribution in [2.24, 2.45) is 0 Å². The minimum Gasteiger partial charge on any atom is -0.325 e. The van der Waals surface area contributed by atoms with Gasteiger partial charge < -0.3 is 5.32 Å². The molecule has 2 aromatic heterocycles. The highest BCUT2D eigenvalue weighted by atomic mass is 79.9. The monoisotopic (exact) mass is 439 g/mol. The Morgan fingerprint density at radius 3 is 2.88 bits per heavy atom. The Morgan fingerprint density at radius 2 is 2.16 bits per heavy atom. The van der Waals surface area contributed by atoms with Crippen molar-refractivity contribution in [1.29, 1.82) is 0 Å². The van der Waals surface area contributed by atoms with Crippen LogP contribution in [0, 0.1) is 13.8 Å². The fraction of sp³-hybridized carbons (Fsp3) is 0.235. The number of nitrogens with zero attached hydrogens (tertiary/aromatic N) is 2. The smallest absolute Gasteiger partial charge is 0.262 e. The largest absolute Gasteiger partial charge is 0.325 e. The molecule has 2 heterocycles. The Labute approximate surface area is 161 Å². The van der Waals surface area contributed by atoms with Crippen LogP contribution in [0.4, 0.5) is 5.69 Å². The Kier molecular flexibility index (Phi) is 5.27. The molecule has 0 radical (unpaired) electrons. The summed E-state index contributed by atoms with van der Waals surface area (Å²) in [4.78, 5) is 30.9. The van der Waals surface area contributed by atoms with E-state index < -0.39 is 0 Å². The van der Waals surface area contributed by atoms with Gasteiger partial charge in [0.05, 0.1) is 22.4 Å². The Hall–Kier alpha value is -1.70. The van der Waals surface area contributed by atoms with E-state index in [9.17, 15) is 9.59 Å². The Balaban J connectivity index is 1.74. The molecule has 0 saturated heterocycles. The van der Waals surface area contributed by atoms with E-state index >= 15 is 0 Å². The van der Waals surface area contributed by atoms with Crippen molar-refractivity contribution in [2.75, 3.05) is 5.32 Å². The summed E-state index contributed by atoms with van der Waals surface area (Å²) >= 11 is 10.9. The van der Waals surface area contributed by atoms with Gasteiger partial charge in [0, 0.05) is 22.3 Å². The molecule has 0 aliphatic rings. The first-order chi connectivity index (χ1) is 11.9. The van der Waals surface area contributed by atoms with Crippen LogP contribution in [0.15, 0.2) is 33.8 Å². The number of fused-ring (bicyclic) bond motifs is 1. The van der Waals surface area contributed by atoms with Crippen LogP contribution in [0.25, 0.3) is 10.2 Å². The zero-order valence-electron chi connectivity index (χ0n) is 13.6. The summed E-state index contributed by atoms with van der Waals surface area (Å²) in [6.07, 6.45) is 1.65. The molecule has 5 nitrogen and oxygen atoms in total. The third-order valence-electron chi connectivity index (χ3n) is 3.94. The van der Waals surface area contributed by atoms with Gasteiger partial charge in [-0.05, 0) is 37.6 Å². The lowest BCUT2D eigenvalue weighted by Gasteiger charge is -2.09. The van der Waals surface area contributed by atoms with E-state index in [1.54, 1.807) is 18.2 Å². The zero-order valence-corrected chi connectivity index (χ0v) is 16.8. The maximum atomic E-state index is 12.6. The van der Waals surface area contributed by atoms with E-state index in [-0.39, 0.29) is 24.4 Å². The number of anilines is 1. The summed E-state index contributed by atoms with van der Waals surface area (Å²) in [5, 5.41) is 3.85. The minimum absolute atomic E-state index is 0.110. The van der Waals surface area contributed by atoms with Gasteiger partial charge in [0.2, 0.25) is 5.91 Å². The molecule has 0 aliphatic heterocycles. The number of benzene rings is 1. The Bertz CT molecular complexity index is 1030. The van der Waals surface area contributed by atoms with E-state index in [0.717, 1.165) is 19.7 Å². The standard InChI is InChI=1S/C17H15BrClN3O2S/c1-9-10(2)25-16-15(9)17(24)22(8-20-16)6-5-14(23)21-13-4-3-11(18)7-12(13)19/h3-4,7-8H,5-6H2,1-2H3,(H,21,23). The molecule has 0 spiro atoms.